The molecule has 9 nitrogen and oxygen atoms in total. The van der Waals surface area contributed by atoms with E-state index in [1.54, 1.807) is 12.3 Å². The van der Waals surface area contributed by atoms with Gasteiger partial charge < -0.3 is 29.4 Å². The van der Waals surface area contributed by atoms with Gasteiger partial charge >= 0.3 is 0 Å². The monoisotopic (exact) mass is 664 g/mol. The van der Waals surface area contributed by atoms with Crippen LogP contribution in [0.1, 0.15) is 46.6 Å². The van der Waals surface area contributed by atoms with Gasteiger partial charge in [0.1, 0.15) is 28.7 Å². The Kier molecular flexibility index (Phi) is 7.64. The van der Waals surface area contributed by atoms with E-state index in [-0.39, 0.29) is 17.7 Å². The van der Waals surface area contributed by atoms with Crippen molar-refractivity contribution in [3.63, 3.8) is 0 Å². The number of carbonyl (C=O) groups excluding carboxylic acids is 2. The molecule has 2 N–H and O–H groups in total. The second-order valence-corrected chi connectivity index (χ2v) is 13.5. The number of aromatic nitrogens is 3. The molecule has 0 spiro atoms. The number of fused-ring (bicyclic) bond motifs is 6. The molecule has 5 heterocycles. The lowest BCUT2D eigenvalue weighted by Crippen LogP contribution is -2.37. The molecule has 2 saturated heterocycles. The molecule has 3 atom stereocenters. The van der Waals surface area contributed by atoms with Crippen molar-refractivity contribution in [1.82, 2.24) is 19.4 Å². The molecule has 8 rings (SSSR count). The molecule has 0 aliphatic carbocycles. The van der Waals surface area contributed by atoms with Crippen molar-refractivity contribution in [2.24, 2.45) is 7.05 Å². The van der Waals surface area contributed by atoms with Gasteiger partial charge in [-0.25, -0.2) is 13.8 Å². The summed E-state index contributed by atoms with van der Waals surface area (Å²) >= 11 is 0. The van der Waals surface area contributed by atoms with E-state index in [9.17, 15) is 9.59 Å². The summed E-state index contributed by atoms with van der Waals surface area (Å²) in [5.41, 5.74) is 6.59. The smallest absolute Gasteiger partial charge is 0.248 e. The van der Waals surface area contributed by atoms with Gasteiger partial charge in [-0.3, -0.25) is 9.59 Å². The number of hydrogen-bond donors (Lipinski definition) is 2. The Balaban J connectivity index is 1.08. The molecule has 3 aliphatic rings. The third kappa shape index (κ3) is 5.23. The maximum atomic E-state index is 15.3. The minimum Gasteiger partial charge on any atom is -0.373 e. The topological polar surface area (TPSA) is 93.4 Å². The van der Waals surface area contributed by atoms with Gasteiger partial charge in [0, 0.05) is 79.7 Å². The third-order valence-electron chi connectivity index (χ3n) is 10.5. The highest BCUT2D eigenvalue weighted by molar-refractivity contribution is 6.19. The van der Waals surface area contributed by atoms with Crippen LogP contribution in [0, 0.1) is 25.5 Å². The average Bonchev–Trinajstić information content (AvgIpc) is 3.85. The molecule has 11 heteroatoms. The summed E-state index contributed by atoms with van der Waals surface area (Å²) in [5.74, 6) is -2.30. The van der Waals surface area contributed by atoms with Crippen molar-refractivity contribution in [3.05, 3.63) is 88.9 Å². The lowest BCUT2D eigenvalue weighted by Gasteiger charge is -2.28. The standard InChI is InChI=1S/C38H38F2N6O3/c1-20-15-30-35(42-21(2)45(30)4)37-33(20)25-8-5-7-24-26(19-46(36(24)25)14-13-44(37)3)38(48)22-16-27(39)34(28(40)17-22)43-32(47)9-6-12-41-29-18-23-10-11-31(29)49-23/h5-9,15-17,19,23,29,31,41H,10-14,18H2,1-4H3,(H,43,47)/b9-6+/t23-,29-,31+/m0/s1. The van der Waals surface area contributed by atoms with Crippen LogP contribution in [0.25, 0.3) is 33.1 Å². The summed E-state index contributed by atoms with van der Waals surface area (Å²) in [6, 6.07) is 10.2. The Bertz CT molecular complexity index is 2200. The minimum absolute atomic E-state index is 0.139. The molecule has 2 aromatic heterocycles. The fourth-order valence-corrected chi connectivity index (χ4v) is 7.93. The van der Waals surface area contributed by atoms with Crippen LogP contribution in [0.3, 0.4) is 0 Å². The SMILES string of the molecule is Cc1cc2c(nc(C)n2C)c2c1-c1cccc3c(C(=O)c4cc(F)c(NC(=O)/C=C/CN[C@H]5C[C@@H]6CC[C@H]5O6)c(F)c4)cn(c13)CCN2C. The number of benzene rings is 3. The number of likely N-dealkylation sites (N-methyl/N-ethyl adjacent to an activating group) is 1. The molecule has 1 amide bonds. The number of carbonyl (C=O) groups is 2. The molecule has 3 aliphatic heterocycles. The normalized spacial score (nSPS) is 20.0. The van der Waals surface area contributed by atoms with E-state index in [4.69, 9.17) is 9.72 Å². The van der Waals surface area contributed by atoms with Crippen molar-refractivity contribution in [2.45, 2.75) is 57.9 Å². The number of aryl methyl sites for hydroxylation is 3. The molecular formula is C38H38F2N6O3. The molecule has 252 valence electrons. The molecule has 3 aromatic carbocycles. The first-order valence-electron chi connectivity index (χ1n) is 16.8. The Morgan fingerprint density at radius 3 is 2.61 bits per heavy atom. The molecule has 2 fully saturated rings. The quantitative estimate of drug-likeness (QED) is 0.160. The van der Waals surface area contributed by atoms with Gasteiger partial charge in [0.05, 0.1) is 28.9 Å². The van der Waals surface area contributed by atoms with Gasteiger partial charge in [-0.2, -0.15) is 0 Å². The molecule has 0 unspecified atom stereocenters. The van der Waals surface area contributed by atoms with Gasteiger partial charge in [0.25, 0.3) is 0 Å². The van der Waals surface area contributed by atoms with Crippen molar-refractivity contribution in [3.8, 4) is 11.1 Å². The zero-order chi connectivity index (χ0) is 34.1. The first kappa shape index (κ1) is 31.4. The second kappa shape index (κ2) is 11.9. The third-order valence-corrected chi connectivity index (χ3v) is 10.5. The minimum atomic E-state index is -1.02. The van der Waals surface area contributed by atoms with Gasteiger partial charge in [-0.05, 0) is 56.9 Å². The number of halogens is 2. The Hall–Kier alpha value is -4.87. The fraction of sp³-hybridized carbons (Fsp3) is 0.342. The molecular weight excluding hydrogens is 626 g/mol. The zero-order valence-corrected chi connectivity index (χ0v) is 27.9. The predicted molar refractivity (Wildman–Crippen MR) is 186 cm³/mol. The van der Waals surface area contributed by atoms with Gasteiger partial charge in [0.15, 0.2) is 5.78 Å². The number of ketones is 1. The Labute approximate surface area is 282 Å². The molecule has 5 aromatic rings. The summed E-state index contributed by atoms with van der Waals surface area (Å²) < 4.78 is 40.6. The molecule has 49 heavy (non-hydrogen) atoms. The van der Waals surface area contributed by atoms with E-state index in [0.717, 1.165) is 76.1 Å². The summed E-state index contributed by atoms with van der Waals surface area (Å²) in [7, 11) is 4.07. The zero-order valence-electron chi connectivity index (χ0n) is 27.9. The van der Waals surface area contributed by atoms with Crippen molar-refractivity contribution in [2.75, 3.05) is 30.4 Å². The number of nitrogens with one attached hydrogen (secondary N) is 2. The summed E-state index contributed by atoms with van der Waals surface area (Å²) in [6.45, 7) is 5.76. The molecule has 2 bridgehead atoms. The number of anilines is 2. The van der Waals surface area contributed by atoms with Crippen LogP contribution >= 0.6 is 0 Å². The number of ether oxygens (including phenoxy) is 1. The van der Waals surface area contributed by atoms with Crippen LogP contribution in [0.2, 0.25) is 0 Å². The van der Waals surface area contributed by atoms with E-state index >= 15 is 8.78 Å². The summed E-state index contributed by atoms with van der Waals surface area (Å²) in [4.78, 5) is 33.6. The number of rotatable bonds is 7. The summed E-state index contributed by atoms with van der Waals surface area (Å²) in [5, 5.41) is 6.35. The first-order valence-corrected chi connectivity index (χ1v) is 16.8. The van der Waals surface area contributed by atoms with Crippen LogP contribution in [-0.2, 0) is 23.1 Å². The fourth-order valence-electron chi connectivity index (χ4n) is 7.93. The Morgan fingerprint density at radius 2 is 1.88 bits per heavy atom. The lowest BCUT2D eigenvalue weighted by atomic mass is 9.93. The van der Waals surface area contributed by atoms with Crippen LogP contribution in [-0.4, -0.2) is 64.2 Å². The maximum absolute atomic E-state index is 15.3. The number of hydrogen-bond acceptors (Lipinski definition) is 6. The van der Waals surface area contributed by atoms with Crippen LogP contribution < -0.4 is 15.5 Å². The van der Waals surface area contributed by atoms with Crippen LogP contribution in [0.4, 0.5) is 20.2 Å². The van der Waals surface area contributed by atoms with E-state index in [0.29, 0.717) is 36.7 Å². The lowest BCUT2D eigenvalue weighted by molar-refractivity contribution is -0.112. The van der Waals surface area contributed by atoms with Crippen molar-refractivity contribution < 1.29 is 23.1 Å². The molecule has 0 radical (unpaired) electrons. The number of amides is 1. The second-order valence-electron chi connectivity index (χ2n) is 13.5. The average molecular weight is 665 g/mol. The highest BCUT2D eigenvalue weighted by Crippen LogP contribution is 2.44. The highest BCUT2D eigenvalue weighted by Gasteiger charge is 2.40. The summed E-state index contributed by atoms with van der Waals surface area (Å²) in [6.07, 6.45) is 8.25. The van der Waals surface area contributed by atoms with Crippen LogP contribution in [0.5, 0.6) is 0 Å². The van der Waals surface area contributed by atoms with Gasteiger partial charge in [0.2, 0.25) is 5.91 Å². The molecule has 0 saturated carbocycles. The van der Waals surface area contributed by atoms with Crippen molar-refractivity contribution in [1.29, 1.82) is 0 Å². The van der Waals surface area contributed by atoms with E-state index < -0.39 is 29.0 Å². The maximum Gasteiger partial charge on any atom is 0.248 e. The predicted octanol–water partition coefficient (Wildman–Crippen LogP) is 6.18. The van der Waals surface area contributed by atoms with E-state index in [2.05, 4.69) is 44.7 Å². The highest BCUT2D eigenvalue weighted by atomic mass is 19.1. The number of imidazole rings is 1. The van der Waals surface area contributed by atoms with Gasteiger partial charge in [-0.1, -0.05) is 24.3 Å². The van der Waals surface area contributed by atoms with Crippen molar-refractivity contribution >= 4 is 45.0 Å². The first-order chi connectivity index (χ1) is 23.6. The Morgan fingerprint density at radius 1 is 1.08 bits per heavy atom. The van der Waals surface area contributed by atoms with Gasteiger partial charge in [-0.15, -0.1) is 0 Å². The largest absolute Gasteiger partial charge is 0.373 e. The number of nitrogens with zero attached hydrogens (tertiary/aromatic N) is 4. The van der Waals surface area contributed by atoms with E-state index in [1.807, 2.05) is 32.2 Å². The number of para-hydroxylation sites is 1. The van der Waals surface area contributed by atoms with E-state index in [1.165, 1.54) is 6.08 Å². The van der Waals surface area contributed by atoms with Crippen LogP contribution in [0.15, 0.2) is 54.7 Å².